The smallest absolute Gasteiger partial charge is 0.298 e. The molecule has 0 saturated heterocycles. The van der Waals surface area contributed by atoms with Crippen LogP contribution in [-0.4, -0.2) is 21.8 Å². The lowest BCUT2D eigenvalue weighted by Gasteiger charge is -2.14. The SMILES string of the molecule is COc1ccc(-n2nc(N)c3c2CCCC3)c([N+](=O)[O-])c1. The van der Waals surface area contributed by atoms with Crippen molar-refractivity contribution in [2.75, 3.05) is 12.8 Å². The summed E-state index contributed by atoms with van der Waals surface area (Å²) in [7, 11) is 1.48. The predicted octanol–water partition coefficient (Wildman–Crippen LogP) is 2.25. The van der Waals surface area contributed by atoms with E-state index < -0.39 is 4.92 Å². The molecule has 1 aliphatic carbocycles. The summed E-state index contributed by atoms with van der Waals surface area (Å²) in [4.78, 5) is 10.9. The van der Waals surface area contributed by atoms with Gasteiger partial charge in [-0.2, -0.15) is 0 Å². The van der Waals surface area contributed by atoms with Crippen LogP contribution in [-0.2, 0) is 12.8 Å². The summed E-state index contributed by atoms with van der Waals surface area (Å²) in [6, 6.07) is 4.75. The maximum absolute atomic E-state index is 11.3. The Morgan fingerprint density at radius 1 is 1.38 bits per heavy atom. The van der Waals surface area contributed by atoms with Gasteiger partial charge in [0, 0.05) is 11.3 Å². The molecule has 0 fully saturated rings. The molecule has 7 nitrogen and oxygen atoms in total. The molecule has 1 heterocycles. The van der Waals surface area contributed by atoms with Crippen molar-refractivity contribution < 1.29 is 9.66 Å². The van der Waals surface area contributed by atoms with E-state index in [0.717, 1.165) is 36.9 Å². The van der Waals surface area contributed by atoms with Gasteiger partial charge in [-0.05, 0) is 37.8 Å². The maximum atomic E-state index is 11.3. The number of nitrogens with zero attached hydrogens (tertiary/aromatic N) is 3. The topological polar surface area (TPSA) is 96.2 Å². The summed E-state index contributed by atoms with van der Waals surface area (Å²) < 4.78 is 6.67. The second-order valence-corrected chi connectivity index (χ2v) is 5.04. The van der Waals surface area contributed by atoms with Gasteiger partial charge in [-0.25, -0.2) is 4.68 Å². The van der Waals surface area contributed by atoms with E-state index in [1.54, 1.807) is 16.8 Å². The quantitative estimate of drug-likeness (QED) is 0.690. The molecule has 0 unspecified atom stereocenters. The summed E-state index contributed by atoms with van der Waals surface area (Å²) in [5.41, 5.74) is 8.34. The van der Waals surface area contributed by atoms with E-state index in [1.807, 2.05) is 0 Å². The first-order valence-electron chi connectivity index (χ1n) is 6.81. The molecule has 2 aromatic rings. The van der Waals surface area contributed by atoms with Crippen LogP contribution in [0.2, 0.25) is 0 Å². The van der Waals surface area contributed by atoms with Crippen molar-refractivity contribution in [3.05, 3.63) is 39.6 Å². The fourth-order valence-corrected chi connectivity index (χ4v) is 2.78. The van der Waals surface area contributed by atoms with Gasteiger partial charge in [0.15, 0.2) is 0 Å². The zero-order chi connectivity index (χ0) is 15.0. The second-order valence-electron chi connectivity index (χ2n) is 5.04. The number of methoxy groups -OCH3 is 1. The van der Waals surface area contributed by atoms with Gasteiger partial charge in [0.2, 0.25) is 0 Å². The zero-order valence-electron chi connectivity index (χ0n) is 11.7. The molecule has 110 valence electrons. The maximum Gasteiger partial charge on any atom is 0.298 e. The Labute approximate surface area is 121 Å². The third-order valence-corrected chi connectivity index (χ3v) is 3.82. The zero-order valence-corrected chi connectivity index (χ0v) is 11.7. The van der Waals surface area contributed by atoms with Crippen molar-refractivity contribution in [2.45, 2.75) is 25.7 Å². The average Bonchev–Trinajstić information content (AvgIpc) is 2.84. The molecule has 1 aliphatic rings. The average molecular weight is 288 g/mol. The van der Waals surface area contributed by atoms with E-state index in [4.69, 9.17) is 10.5 Å². The largest absolute Gasteiger partial charge is 0.496 e. The molecule has 0 saturated carbocycles. The number of aromatic nitrogens is 2. The molecule has 0 bridgehead atoms. The lowest BCUT2D eigenvalue weighted by atomic mass is 9.97. The van der Waals surface area contributed by atoms with Gasteiger partial charge < -0.3 is 10.5 Å². The molecule has 21 heavy (non-hydrogen) atoms. The van der Waals surface area contributed by atoms with Gasteiger partial charge >= 0.3 is 0 Å². The van der Waals surface area contributed by atoms with E-state index in [9.17, 15) is 10.1 Å². The predicted molar refractivity (Wildman–Crippen MR) is 77.8 cm³/mol. The van der Waals surface area contributed by atoms with Crippen molar-refractivity contribution >= 4 is 11.5 Å². The lowest BCUT2D eigenvalue weighted by Crippen LogP contribution is -2.09. The van der Waals surface area contributed by atoms with Crippen LogP contribution in [0.25, 0.3) is 5.69 Å². The van der Waals surface area contributed by atoms with Crippen molar-refractivity contribution in [2.24, 2.45) is 0 Å². The van der Waals surface area contributed by atoms with Gasteiger partial charge in [-0.3, -0.25) is 10.1 Å². The number of nitro benzene ring substituents is 1. The molecule has 0 atom stereocenters. The Bertz CT molecular complexity index is 708. The highest BCUT2D eigenvalue weighted by Gasteiger charge is 2.25. The van der Waals surface area contributed by atoms with Crippen LogP contribution in [0.15, 0.2) is 18.2 Å². The Balaban J connectivity index is 2.19. The highest BCUT2D eigenvalue weighted by atomic mass is 16.6. The minimum atomic E-state index is -0.426. The second kappa shape index (κ2) is 5.08. The number of rotatable bonds is 3. The number of benzene rings is 1. The third-order valence-electron chi connectivity index (χ3n) is 3.82. The number of nitro groups is 1. The molecular formula is C14H16N4O3. The molecular weight excluding hydrogens is 272 g/mol. The molecule has 1 aromatic heterocycles. The molecule has 0 aliphatic heterocycles. The highest BCUT2D eigenvalue weighted by molar-refractivity contribution is 5.58. The fraction of sp³-hybridized carbons (Fsp3) is 0.357. The van der Waals surface area contributed by atoms with Crippen LogP contribution in [0.4, 0.5) is 11.5 Å². The van der Waals surface area contributed by atoms with Crippen LogP contribution < -0.4 is 10.5 Å². The first kappa shape index (κ1) is 13.4. The Kier molecular flexibility index (Phi) is 3.25. The number of nitrogen functional groups attached to an aromatic ring is 1. The van der Waals surface area contributed by atoms with Gasteiger partial charge in [-0.15, -0.1) is 5.10 Å². The number of ether oxygens (including phenoxy) is 1. The molecule has 2 N–H and O–H groups in total. The summed E-state index contributed by atoms with van der Waals surface area (Å²) >= 11 is 0. The minimum Gasteiger partial charge on any atom is -0.496 e. The van der Waals surface area contributed by atoms with Crippen molar-refractivity contribution in [1.82, 2.24) is 9.78 Å². The fourth-order valence-electron chi connectivity index (χ4n) is 2.78. The van der Waals surface area contributed by atoms with Crippen molar-refractivity contribution in [3.63, 3.8) is 0 Å². The van der Waals surface area contributed by atoms with E-state index in [1.165, 1.54) is 13.2 Å². The van der Waals surface area contributed by atoms with Crippen LogP contribution >= 0.6 is 0 Å². The molecule has 7 heteroatoms. The lowest BCUT2D eigenvalue weighted by molar-refractivity contribution is -0.384. The third kappa shape index (κ3) is 2.20. The van der Waals surface area contributed by atoms with Crippen molar-refractivity contribution in [3.8, 4) is 11.4 Å². The normalized spacial score (nSPS) is 13.8. The van der Waals surface area contributed by atoms with E-state index in [0.29, 0.717) is 17.3 Å². The Morgan fingerprint density at radius 3 is 2.86 bits per heavy atom. The van der Waals surface area contributed by atoms with Crippen LogP contribution in [0.1, 0.15) is 24.1 Å². The van der Waals surface area contributed by atoms with Crippen LogP contribution in [0.3, 0.4) is 0 Å². The first-order valence-corrected chi connectivity index (χ1v) is 6.81. The van der Waals surface area contributed by atoms with Crippen molar-refractivity contribution in [1.29, 1.82) is 0 Å². The Hall–Kier alpha value is -2.57. The number of fused-ring (bicyclic) bond motifs is 1. The summed E-state index contributed by atoms with van der Waals surface area (Å²) in [6.45, 7) is 0. The monoisotopic (exact) mass is 288 g/mol. The van der Waals surface area contributed by atoms with Gasteiger partial charge in [0.05, 0.1) is 18.1 Å². The number of hydrogen-bond donors (Lipinski definition) is 1. The molecule has 0 spiro atoms. The van der Waals surface area contributed by atoms with Crippen LogP contribution in [0.5, 0.6) is 5.75 Å². The number of nitrogens with two attached hydrogens (primary N) is 1. The Morgan fingerprint density at radius 2 is 2.14 bits per heavy atom. The highest BCUT2D eigenvalue weighted by Crippen LogP contribution is 2.33. The van der Waals surface area contributed by atoms with Gasteiger partial charge in [-0.1, -0.05) is 0 Å². The van der Waals surface area contributed by atoms with Gasteiger partial charge in [0.1, 0.15) is 17.3 Å². The first-order chi connectivity index (χ1) is 10.1. The standard InChI is InChI=1S/C14H16N4O3/c1-21-9-6-7-12(13(8-9)18(19)20)17-11-5-3-2-4-10(11)14(15)16-17/h6-8H,2-5H2,1H3,(H2,15,16). The molecule has 3 rings (SSSR count). The van der Waals surface area contributed by atoms with Gasteiger partial charge in [0.25, 0.3) is 5.69 Å². The molecule has 0 amide bonds. The minimum absolute atomic E-state index is 0.0368. The van der Waals surface area contributed by atoms with E-state index in [-0.39, 0.29) is 5.69 Å². The number of anilines is 1. The molecule has 0 radical (unpaired) electrons. The number of hydrogen-bond acceptors (Lipinski definition) is 5. The van der Waals surface area contributed by atoms with E-state index in [2.05, 4.69) is 5.10 Å². The summed E-state index contributed by atoms with van der Waals surface area (Å²) in [5, 5.41) is 15.6. The molecule has 1 aromatic carbocycles. The summed E-state index contributed by atoms with van der Waals surface area (Å²) in [6.07, 6.45) is 3.84. The van der Waals surface area contributed by atoms with Crippen LogP contribution in [0, 0.1) is 10.1 Å². The van der Waals surface area contributed by atoms with E-state index >= 15 is 0 Å². The summed E-state index contributed by atoms with van der Waals surface area (Å²) in [5.74, 6) is 0.911.